The quantitative estimate of drug-likeness (QED) is 0.789. The fraction of sp³-hybridized carbons (Fsp3) is 0.357. The number of benzene rings is 1. The summed E-state index contributed by atoms with van der Waals surface area (Å²) in [6.07, 6.45) is 1.14. The zero-order valence-corrected chi connectivity index (χ0v) is 11.6. The molecule has 1 heterocycles. The molecule has 1 aromatic rings. The summed E-state index contributed by atoms with van der Waals surface area (Å²) in [6, 6.07) is 5.47. The molecular weight excluding hydrogens is 274 g/mol. The number of anilines is 2. The molecule has 0 bridgehead atoms. The van der Waals surface area contributed by atoms with Crippen molar-refractivity contribution in [2.45, 2.75) is 25.8 Å². The van der Waals surface area contributed by atoms with Crippen LogP contribution in [0, 0.1) is 0 Å². The van der Waals surface area contributed by atoms with E-state index in [0.29, 0.717) is 30.8 Å². The van der Waals surface area contributed by atoms with Gasteiger partial charge in [0.15, 0.2) is 0 Å². The number of nitrogens with one attached hydrogen (secondary N) is 2. The lowest BCUT2D eigenvalue weighted by atomic mass is 10.2. The van der Waals surface area contributed by atoms with Gasteiger partial charge in [-0.15, -0.1) is 0 Å². The minimum Gasteiger partial charge on any atom is -0.480 e. The number of nitrogens with zero attached hydrogens (tertiary/aromatic N) is 1. The van der Waals surface area contributed by atoms with Crippen LogP contribution in [0.3, 0.4) is 0 Å². The van der Waals surface area contributed by atoms with E-state index in [9.17, 15) is 14.4 Å². The minimum atomic E-state index is -0.991. The number of carboxylic acid groups (broad SMARTS) is 1. The highest BCUT2D eigenvalue weighted by Crippen LogP contribution is 2.20. The lowest BCUT2D eigenvalue weighted by Gasteiger charge is -2.22. The molecule has 0 radical (unpaired) electrons. The first-order valence-electron chi connectivity index (χ1n) is 6.65. The SMILES string of the molecule is CC(=O)Nc1cccc(NC(=O)N2CCC[C@@H]2C(=O)O)c1. The zero-order valence-electron chi connectivity index (χ0n) is 11.6. The largest absolute Gasteiger partial charge is 0.480 e. The maximum absolute atomic E-state index is 12.1. The van der Waals surface area contributed by atoms with Crippen LogP contribution in [0.5, 0.6) is 0 Å². The summed E-state index contributed by atoms with van der Waals surface area (Å²) in [5.41, 5.74) is 1.07. The van der Waals surface area contributed by atoms with Gasteiger partial charge in [-0.05, 0) is 31.0 Å². The molecule has 1 fully saturated rings. The molecule has 1 saturated heterocycles. The van der Waals surface area contributed by atoms with E-state index in [0.717, 1.165) is 0 Å². The van der Waals surface area contributed by atoms with Crippen LogP contribution in [0.15, 0.2) is 24.3 Å². The molecule has 2 rings (SSSR count). The van der Waals surface area contributed by atoms with Crippen molar-refractivity contribution in [2.75, 3.05) is 17.2 Å². The number of rotatable bonds is 3. The first-order valence-corrected chi connectivity index (χ1v) is 6.65. The topological polar surface area (TPSA) is 98.7 Å². The van der Waals surface area contributed by atoms with Gasteiger partial charge >= 0.3 is 12.0 Å². The standard InChI is InChI=1S/C14H17N3O4/c1-9(18)15-10-4-2-5-11(8-10)16-14(21)17-7-3-6-12(17)13(19)20/h2,4-5,8,12H,3,6-7H2,1H3,(H,15,18)(H,16,21)(H,19,20)/t12-/m1/s1. The summed E-state index contributed by atoms with van der Waals surface area (Å²) in [7, 11) is 0. The molecule has 1 aliphatic heterocycles. The number of carbonyl (C=O) groups is 3. The van der Waals surface area contributed by atoms with Gasteiger partial charge in [-0.3, -0.25) is 4.79 Å². The first kappa shape index (κ1) is 14.8. The fourth-order valence-corrected chi connectivity index (χ4v) is 2.34. The average Bonchev–Trinajstić information content (AvgIpc) is 2.87. The van der Waals surface area contributed by atoms with E-state index < -0.39 is 18.0 Å². The Hall–Kier alpha value is -2.57. The van der Waals surface area contributed by atoms with Gasteiger partial charge in [0.25, 0.3) is 0 Å². The van der Waals surface area contributed by atoms with E-state index in [1.54, 1.807) is 24.3 Å². The van der Waals surface area contributed by atoms with Crippen LogP contribution in [0.25, 0.3) is 0 Å². The maximum Gasteiger partial charge on any atom is 0.326 e. The molecule has 3 N–H and O–H groups in total. The summed E-state index contributed by atoms with van der Waals surface area (Å²) in [5, 5.41) is 14.3. The summed E-state index contributed by atoms with van der Waals surface area (Å²) in [5.74, 6) is -1.20. The number of urea groups is 1. The fourth-order valence-electron chi connectivity index (χ4n) is 2.34. The molecule has 0 saturated carbocycles. The van der Waals surface area contributed by atoms with Crippen LogP contribution in [0.2, 0.25) is 0 Å². The lowest BCUT2D eigenvalue weighted by molar-refractivity contribution is -0.141. The molecule has 0 aromatic heterocycles. The van der Waals surface area contributed by atoms with Crippen LogP contribution in [0.4, 0.5) is 16.2 Å². The third kappa shape index (κ3) is 3.71. The van der Waals surface area contributed by atoms with Gasteiger partial charge in [0.1, 0.15) is 6.04 Å². The van der Waals surface area contributed by atoms with E-state index >= 15 is 0 Å². The van der Waals surface area contributed by atoms with Gasteiger partial charge in [-0.1, -0.05) is 6.07 Å². The van der Waals surface area contributed by atoms with Crippen molar-refractivity contribution < 1.29 is 19.5 Å². The van der Waals surface area contributed by atoms with Crippen molar-refractivity contribution in [2.24, 2.45) is 0 Å². The third-order valence-electron chi connectivity index (χ3n) is 3.23. The van der Waals surface area contributed by atoms with Crippen molar-refractivity contribution in [3.63, 3.8) is 0 Å². The van der Waals surface area contributed by atoms with E-state index in [4.69, 9.17) is 5.11 Å². The molecule has 21 heavy (non-hydrogen) atoms. The number of hydrogen-bond donors (Lipinski definition) is 3. The molecule has 112 valence electrons. The van der Waals surface area contributed by atoms with Gasteiger partial charge in [0.05, 0.1) is 0 Å². The summed E-state index contributed by atoms with van der Waals surface area (Å²) >= 11 is 0. The summed E-state index contributed by atoms with van der Waals surface area (Å²) < 4.78 is 0. The van der Waals surface area contributed by atoms with E-state index in [2.05, 4.69) is 10.6 Å². The second-order valence-corrected chi connectivity index (χ2v) is 4.88. The number of hydrogen-bond acceptors (Lipinski definition) is 3. The molecule has 1 atom stereocenters. The molecule has 7 nitrogen and oxygen atoms in total. The normalized spacial score (nSPS) is 17.4. The number of carboxylic acids is 1. The summed E-state index contributed by atoms with van der Waals surface area (Å²) in [6.45, 7) is 1.82. The Labute approximate surface area is 121 Å². The summed E-state index contributed by atoms with van der Waals surface area (Å²) in [4.78, 5) is 35.5. The van der Waals surface area contributed by atoms with E-state index in [1.165, 1.54) is 11.8 Å². The highest BCUT2D eigenvalue weighted by molar-refractivity contribution is 5.94. The highest BCUT2D eigenvalue weighted by Gasteiger charge is 2.33. The molecule has 0 aliphatic carbocycles. The van der Waals surface area contributed by atoms with Gasteiger partial charge in [0.2, 0.25) is 5.91 Å². The highest BCUT2D eigenvalue weighted by atomic mass is 16.4. The second kappa shape index (κ2) is 6.25. The zero-order chi connectivity index (χ0) is 15.4. The van der Waals surface area contributed by atoms with E-state index in [1.807, 2.05) is 0 Å². The Morgan fingerprint density at radius 1 is 1.24 bits per heavy atom. The molecular formula is C14H17N3O4. The van der Waals surface area contributed by atoms with Crippen LogP contribution in [0.1, 0.15) is 19.8 Å². The first-order chi connectivity index (χ1) is 9.97. The van der Waals surface area contributed by atoms with Crippen molar-refractivity contribution in [1.82, 2.24) is 4.90 Å². The van der Waals surface area contributed by atoms with Gasteiger partial charge in [-0.2, -0.15) is 0 Å². The van der Waals surface area contributed by atoms with Gasteiger partial charge < -0.3 is 20.6 Å². The Balaban J connectivity index is 2.05. The number of aliphatic carboxylic acids is 1. The van der Waals surface area contributed by atoms with Crippen molar-refractivity contribution >= 4 is 29.3 Å². The Morgan fingerprint density at radius 2 is 1.90 bits per heavy atom. The van der Waals surface area contributed by atoms with Crippen LogP contribution < -0.4 is 10.6 Å². The Bertz CT molecular complexity index is 573. The Kier molecular flexibility index (Phi) is 4.42. The number of amides is 3. The Morgan fingerprint density at radius 3 is 2.52 bits per heavy atom. The average molecular weight is 291 g/mol. The number of likely N-dealkylation sites (tertiary alicyclic amines) is 1. The van der Waals surface area contributed by atoms with Crippen molar-refractivity contribution in [3.8, 4) is 0 Å². The number of carbonyl (C=O) groups excluding carboxylic acids is 2. The van der Waals surface area contributed by atoms with Gasteiger partial charge in [0, 0.05) is 24.8 Å². The molecule has 0 unspecified atom stereocenters. The van der Waals surface area contributed by atoms with E-state index in [-0.39, 0.29) is 5.91 Å². The van der Waals surface area contributed by atoms with Crippen LogP contribution >= 0.6 is 0 Å². The second-order valence-electron chi connectivity index (χ2n) is 4.88. The smallest absolute Gasteiger partial charge is 0.326 e. The molecule has 0 spiro atoms. The minimum absolute atomic E-state index is 0.205. The van der Waals surface area contributed by atoms with Crippen molar-refractivity contribution in [1.29, 1.82) is 0 Å². The predicted octanol–water partition coefficient (Wildman–Crippen LogP) is 1.73. The molecule has 1 aliphatic rings. The predicted molar refractivity (Wildman–Crippen MR) is 77.1 cm³/mol. The molecule has 7 heteroatoms. The molecule has 3 amide bonds. The van der Waals surface area contributed by atoms with Crippen LogP contribution in [-0.4, -0.2) is 40.5 Å². The third-order valence-corrected chi connectivity index (χ3v) is 3.23. The monoisotopic (exact) mass is 291 g/mol. The van der Waals surface area contributed by atoms with Gasteiger partial charge in [-0.25, -0.2) is 9.59 Å². The van der Waals surface area contributed by atoms with Crippen molar-refractivity contribution in [3.05, 3.63) is 24.3 Å². The lowest BCUT2D eigenvalue weighted by Crippen LogP contribution is -2.42. The molecule has 1 aromatic carbocycles. The maximum atomic E-state index is 12.1. The van der Waals surface area contributed by atoms with Crippen LogP contribution in [-0.2, 0) is 9.59 Å².